The Morgan fingerprint density at radius 2 is 1.68 bits per heavy atom. The van der Waals surface area contributed by atoms with Crippen molar-refractivity contribution in [3.63, 3.8) is 0 Å². The summed E-state index contributed by atoms with van der Waals surface area (Å²) in [6, 6.07) is 9.31. The summed E-state index contributed by atoms with van der Waals surface area (Å²) in [5.41, 5.74) is 0.828. The fraction of sp³-hybridized carbons (Fsp3) is 0.538. The molecule has 2 fully saturated rings. The second kappa shape index (κ2) is 5.16. The molecule has 0 amide bonds. The van der Waals surface area contributed by atoms with Gasteiger partial charge in [-0.15, -0.1) is 0 Å². The molecule has 1 aromatic carbocycles. The normalized spacial score (nSPS) is 42.7. The van der Waals surface area contributed by atoms with Crippen molar-refractivity contribution in [3.05, 3.63) is 35.9 Å². The largest absolute Gasteiger partial charge is 0.387 e. The van der Waals surface area contributed by atoms with Crippen LogP contribution in [0.2, 0.25) is 0 Å². The zero-order chi connectivity index (χ0) is 13.4. The summed E-state index contributed by atoms with van der Waals surface area (Å²) in [6.07, 6.45) is -5.93. The molecule has 6 nitrogen and oxygen atoms in total. The topological polar surface area (TPSA) is 88.4 Å². The molecular weight excluding hydrogens is 252 g/mol. The van der Waals surface area contributed by atoms with Gasteiger partial charge >= 0.3 is 0 Å². The Labute approximate surface area is 110 Å². The highest BCUT2D eigenvalue weighted by Crippen LogP contribution is 2.33. The molecule has 0 bridgehead atoms. The minimum atomic E-state index is -1.42. The number of aliphatic hydroxyl groups excluding tert-OH is 3. The zero-order valence-electron chi connectivity index (χ0n) is 10.1. The van der Waals surface area contributed by atoms with Crippen molar-refractivity contribution in [1.82, 2.24) is 0 Å². The lowest BCUT2D eigenvalue weighted by Gasteiger charge is -2.45. The lowest BCUT2D eigenvalue weighted by Crippen LogP contribution is -2.61. The molecule has 2 saturated heterocycles. The maximum atomic E-state index is 9.94. The Kier molecular flexibility index (Phi) is 3.53. The van der Waals surface area contributed by atoms with Crippen molar-refractivity contribution in [3.8, 4) is 0 Å². The van der Waals surface area contributed by atoms with E-state index >= 15 is 0 Å². The zero-order valence-corrected chi connectivity index (χ0v) is 10.1. The van der Waals surface area contributed by atoms with E-state index in [0.29, 0.717) is 0 Å². The minimum Gasteiger partial charge on any atom is -0.387 e. The maximum absolute atomic E-state index is 9.94. The molecule has 0 saturated carbocycles. The van der Waals surface area contributed by atoms with Crippen LogP contribution < -0.4 is 0 Å². The first-order chi connectivity index (χ1) is 9.16. The monoisotopic (exact) mass is 268 g/mol. The van der Waals surface area contributed by atoms with Gasteiger partial charge in [0.2, 0.25) is 0 Å². The standard InChI is InChI=1S/C13H16O6/c14-9-10(15)12(16)18-8-6-17-13(19-11(8)9)7-4-2-1-3-5-7/h1-5,8-16H,6H2/t8-,9-,10-,11+,12?,13?/m1/s1. The van der Waals surface area contributed by atoms with Crippen LogP contribution in [0, 0.1) is 0 Å². The second-order valence-corrected chi connectivity index (χ2v) is 4.72. The molecule has 3 N–H and O–H groups in total. The van der Waals surface area contributed by atoms with Crippen molar-refractivity contribution in [2.75, 3.05) is 6.61 Å². The van der Waals surface area contributed by atoms with Gasteiger partial charge in [0, 0.05) is 5.56 Å². The van der Waals surface area contributed by atoms with Gasteiger partial charge in [0.25, 0.3) is 0 Å². The van der Waals surface area contributed by atoms with E-state index in [1.807, 2.05) is 30.3 Å². The third-order valence-corrected chi connectivity index (χ3v) is 3.42. The van der Waals surface area contributed by atoms with Crippen LogP contribution >= 0.6 is 0 Å². The number of rotatable bonds is 1. The first kappa shape index (κ1) is 13.0. The molecule has 0 aliphatic carbocycles. The summed E-state index contributed by atoms with van der Waals surface area (Å²) >= 11 is 0. The van der Waals surface area contributed by atoms with Crippen molar-refractivity contribution in [1.29, 1.82) is 0 Å². The average molecular weight is 268 g/mol. The highest BCUT2D eigenvalue weighted by atomic mass is 16.7. The van der Waals surface area contributed by atoms with E-state index in [1.54, 1.807) is 0 Å². The van der Waals surface area contributed by atoms with Crippen LogP contribution in [-0.4, -0.2) is 52.6 Å². The van der Waals surface area contributed by atoms with Gasteiger partial charge in [0.05, 0.1) is 6.61 Å². The molecule has 6 atom stereocenters. The van der Waals surface area contributed by atoms with Crippen molar-refractivity contribution in [2.45, 2.75) is 37.0 Å². The number of ether oxygens (including phenoxy) is 3. The van der Waals surface area contributed by atoms with Crippen molar-refractivity contribution in [2.24, 2.45) is 0 Å². The Bertz CT molecular complexity index is 422. The summed E-state index contributed by atoms with van der Waals surface area (Å²) in [6.45, 7) is 0.186. The van der Waals surface area contributed by atoms with Crippen LogP contribution in [0.4, 0.5) is 0 Å². The van der Waals surface area contributed by atoms with Crippen LogP contribution in [0.25, 0.3) is 0 Å². The summed E-state index contributed by atoms with van der Waals surface area (Å²) < 4.78 is 16.3. The van der Waals surface area contributed by atoms with Gasteiger partial charge in [-0.05, 0) is 0 Å². The average Bonchev–Trinajstić information content (AvgIpc) is 2.46. The van der Waals surface area contributed by atoms with E-state index in [2.05, 4.69) is 0 Å². The number of hydrogen-bond donors (Lipinski definition) is 3. The van der Waals surface area contributed by atoms with E-state index in [-0.39, 0.29) is 6.61 Å². The molecule has 6 heteroatoms. The Morgan fingerprint density at radius 1 is 0.947 bits per heavy atom. The molecule has 0 spiro atoms. The minimum absolute atomic E-state index is 0.186. The molecule has 2 aliphatic rings. The third-order valence-electron chi connectivity index (χ3n) is 3.42. The lowest BCUT2D eigenvalue weighted by atomic mass is 9.98. The highest BCUT2D eigenvalue weighted by Gasteiger charge is 2.48. The third kappa shape index (κ3) is 2.38. The molecular formula is C13H16O6. The van der Waals surface area contributed by atoms with Gasteiger partial charge in [0.15, 0.2) is 12.6 Å². The van der Waals surface area contributed by atoms with E-state index in [4.69, 9.17) is 14.2 Å². The summed E-state index contributed by atoms with van der Waals surface area (Å²) in [5.74, 6) is 0. The first-order valence-electron chi connectivity index (χ1n) is 6.18. The van der Waals surface area contributed by atoms with Crippen molar-refractivity contribution < 1.29 is 29.5 Å². The number of aliphatic hydroxyl groups is 3. The number of fused-ring (bicyclic) bond motifs is 1. The van der Waals surface area contributed by atoms with Gasteiger partial charge in [0.1, 0.15) is 24.4 Å². The molecule has 0 aromatic heterocycles. The van der Waals surface area contributed by atoms with Gasteiger partial charge in [-0.1, -0.05) is 30.3 Å². The second-order valence-electron chi connectivity index (χ2n) is 4.72. The van der Waals surface area contributed by atoms with Gasteiger partial charge in [-0.2, -0.15) is 0 Å². The molecule has 19 heavy (non-hydrogen) atoms. The molecule has 2 aliphatic heterocycles. The summed E-state index contributed by atoms with van der Waals surface area (Å²) in [7, 11) is 0. The SMILES string of the molecule is OC1O[C@@H]2COC(c3ccccc3)O[C@@H]2[C@H](O)[C@H]1O. The van der Waals surface area contributed by atoms with E-state index in [0.717, 1.165) is 5.56 Å². The molecule has 3 rings (SSSR count). The molecule has 2 unspecified atom stereocenters. The summed E-state index contributed by atoms with van der Waals surface area (Å²) in [5, 5.41) is 29.0. The Morgan fingerprint density at radius 3 is 2.42 bits per heavy atom. The fourth-order valence-corrected chi connectivity index (χ4v) is 2.37. The van der Waals surface area contributed by atoms with Crippen molar-refractivity contribution >= 4 is 0 Å². The van der Waals surface area contributed by atoms with E-state index in [1.165, 1.54) is 0 Å². The number of benzene rings is 1. The van der Waals surface area contributed by atoms with Crippen LogP contribution in [0.5, 0.6) is 0 Å². The number of hydrogen-bond acceptors (Lipinski definition) is 6. The summed E-state index contributed by atoms with van der Waals surface area (Å²) in [4.78, 5) is 0. The van der Waals surface area contributed by atoms with Crippen LogP contribution in [0.15, 0.2) is 30.3 Å². The molecule has 2 heterocycles. The quantitative estimate of drug-likeness (QED) is 0.639. The van der Waals surface area contributed by atoms with Crippen LogP contribution in [-0.2, 0) is 14.2 Å². The fourth-order valence-electron chi connectivity index (χ4n) is 2.37. The molecule has 104 valence electrons. The van der Waals surface area contributed by atoms with E-state index in [9.17, 15) is 15.3 Å². The van der Waals surface area contributed by atoms with Crippen LogP contribution in [0.1, 0.15) is 11.9 Å². The van der Waals surface area contributed by atoms with Gasteiger partial charge < -0.3 is 29.5 Å². The predicted molar refractivity (Wildman–Crippen MR) is 62.9 cm³/mol. The lowest BCUT2D eigenvalue weighted by molar-refractivity contribution is -0.354. The van der Waals surface area contributed by atoms with Gasteiger partial charge in [-0.3, -0.25) is 0 Å². The predicted octanol–water partition coefficient (Wildman–Crippen LogP) is -0.460. The maximum Gasteiger partial charge on any atom is 0.184 e. The van der Waals surface area contributed by atoms with E-state index < -0.39 is 37.0 Å². The highest BCUT2D eigenvalue weighted by molar-refractivity contribution is 5.16. The molecule has 1 aromatic rings. The van der Waals surface area contributed by atoms with Gasteiger partial charge in [-0.25, -0.2) is 0 Å². The van der Waals surface area contributed by atoms with Crippen LogP contribution in [0.3, 0.4) is 0 Å². The Hall–Kier alpha value is -1.02. The Balaban J connectivity index is 1.75. The smallest absolute Gasteiger partial charge is 0.184 e. The molecule has 0 radical (unpaired) electrons. The first-order valence-corrected chi connectivity index (χ1v) is 6.18.